The highest BCUT2D eigenvalue weighted by Gasteiger charge is 2.56. The summed E-state index contributed by atoms with van der Waals surface area (Å²) < 4.78 is 34.0. The number of ether oxygens (including phenoxy) is 6. The predicted molar refractivity (Wildman–Crippen MR) is 108 cm³/mol. The maximum atomic E-state index is 11.8. The van der Waals surface area contributed by atoms with Crippen LogP contribution in [0.15, 0.2) is 36.4 Å². The van der Waals surface area contributed by atoms with Gasteiger partial charge < -0.3 is 28.4 Å². The normalized spacial score (nSPS) is 28.7. The van der Waals surface area contributed by atoms with Crippen molar-refractivity contribution < 1.29 is 38.0 Å². The fourth-order valence-corrected chi connectivity index (χ4v) is 3.17. The van der Waals surface area contributed by atoms with Gasteiger partial charge in [0, 0.05) is 28.1 Å². The van der Waals surface area contributed by atoms with Gasteiger partial charge in [-0.25, -0.2) is 0 Å². The van der Waals surface area contributed by atoms with Crippen molar-refractivity contribution in [3.63, 3.8) is 0 Å². The average molecular weight is 422 g/mol. The minimum absolute atomic E-state index is 0.0260. The molecule has 1 saturated heterocycles. The Bertz CT molecular complexity index is 749. The first kappa shape index (κ1) is 24.0. The number of carbonyl (C=O) groups excluding carboxylic acids is 2. The number of hydrogen-bond acceptors (Lipinski definition) is 8. The van der Waals surface area contributed by atoms with Crippen LogP contribution in [-0.4, -0.2) is 62.7 Å². The summed E-state index contributed by atoms with van der Waals surface area (Å²) in [6.45, 7) is 5.93. The summed E-state index contributed by atoms with van der Waals surface area (Å²) in [7, 11) is 2.94. The van der Waals surface area contributed by atoms with E-state index < -0.39 is 41.8 Å². The Labute approximate surface area is 177 Å². The summed E-state index contributed by atoms with van der Waals surface area (Å²) in [4.78, 5) is 23.6. The quantitative estimate of drug-likeness (QED) is 0.591. The van der Waals surface area contributed by atoms with Crippen molar-refractivity contribution in [1.29, 1.82) is 0 Å². The van der Waals surface area contributed by atoms with Crippen molar-refractivity contribution in [2.45, 2.75) is 57.6 Å². The summed E-state index contributed by atoms with van der Waals surface area (Å²) in [5, 5.41) is 0. The van der Waals surface area contributed by atoms with Crippen molar-refractivity contribution in [3.8, 4) is 0 Å². The molecule has 5 atom stereocenters. The predicted octanol–water partition coefficient (Wildman–Crippen LogP) is 2.70. The lowest BCUT2D eigenvalue weighted by molar-refractivity contribution is -0.438. The molecule has 0 unspecified atom stereocenters. The Morgan fingerprint density at radius 1 is 1.03 bits per heavy atom. The zero-order valence-electron chi connectivity index (χ0n) is 18.2. The highest BCUT2D eigenvalue weighted by molar-refractivity contribution is 5.68. The van der Waals surface area contributed by atoms with Crippen molar-refractivity contribution >= 4 is 18.0 Å². The van der Waals surface area contributed by atoms with Gasteiger partial charge in [0.05, 0.1) is 6.61 Å². The number of esters is 2. The van der Waals surface area contributed by atoms with Crippen LogP contribution >= 0.6 is 0 Å². The topological polar surface area (TPSA) is 89.5 Å². The molecule has 2 rings (SSSR count). The van der Waals surface area contributed by atoms with E-state index in [2.05, 4.69) is 0 Å². The fourth-order valence-electron chi connectivity index (χ4n) is 3.17. The third kappa shape index (κ3) is 5.66. The van der Waals surface area contributed by atoms with Gasteiger partial charge in [0.1, 0.15) is 6.10 Å². The maximum Gasteiger partial charge on any atom is 0.303 e. The van der Waals surface area contributed by atoms with Gasteiger partial charge in [0.15, 0.2) is 12.2 Å². The van der Waals surface area contributed by atoms with Gasteiger partial charge >= 0.3 is 11.9 Å². The highest BCUT2D eigenvalue weighted by atomic mass is 16.8. The van der Waals surface area contributed by atoms with Crippen LogP contribution in [0, 0.1) is 0 Å². The SMILES string of the molecule is CO[C@]1(C)OC[C@H]([C@@H](OC(C)=O)[C@H](/C=C/c2ccccc2)OC(C)=O)O[C@@]1(C)OC. The van der Waals surface area contributed by atoms with E-state index >= 15 is 0 Å². The van der Waals surface area contributed by atoms with Crippen LogP contribution in [0.1, 0.15) is 33.3 Å². The minimum Gasteiger partial charge on any atom is -0.455 e. The highest BCUT2D eigenvalue weighted by Crippen LogP contribution is 2.38. The number of rotatable bonds is 8. The van der Waals surface area contributed by atoms with Crippen molar-refractivity contribution in [1.82, 2.24) is 0 Å². The van der Waals surface area contributed by atoms with Crippen LogP contribution in [0.25, 0.3) is 6.08 Å². The van der Waals surface area contributed by atoms with Crippen LogP contribution in [-0.2, 0) is 38.0 Å². The molecule has 0 spiro atoms. The van der Waals surface area contributed by atoms with Crippen molar-refractivity contribution in [3.05, 3.63) is 42.0 Å². The van der Waals surface area contributed by atoms with Gasteiger partial charge in [0.2, 0.25) is 11.6 Å². The first-order valence-corrected chi connectivity index (χ1v) is 9.64. The second-order valence-electron chi connectivity index (χ2n) is 7.18. The molecular weight excluding hydrogens is 392 g/mol. The molecule has 1 aliphatic heterocycles. The second-order valence-corrected chi connectivity index (χ2v) is 7.18. The molecule has 0 bridgehead atoms. The van der Waals surface area contributed by atoms with Crippen molar-refractivity contribution in [2.24, 2.45) is 0 Å². The van der Waals surface area contributed by atoms with Crippen LogP contribution in [0.2, 0.25) is 0 Å². The molecule has 1 aromatic rings. The Morgan fingerprint density at radius 2 is 1.63 bits per heavy atom. The molecule has 1 aliphatic rings. The first-order chi connectivity index (χ1) is 14.1. The van der Waals surface area contributed by atoms with Gasteiger partial charge in [-0.1, -0.05) is 36.4 Å². The van der Waals surface area contributed by atoms with Gasteiger partial charge in [-0.2, -0.15) is 0 Å². The zero-order chi connectivity index (χ0) is 22.4. The number of carbonyl (C=O) groups is 2. The molecule has 8 heteroatoms. The lowest BCUT2D eigenvalue weighted by Crippen LogP contribution is -2.65. The lowest BCUT2D eigenvalue weighted by atomic mass is 10.0. The molecule has 1 fully saturated rings. The van der Waals surface area contributed by atoms with E-state index in [0.29, 0.717) is 0 Å². The summed E-state index contributed by atoms with van der Waals surface area (Å²) in [5.74, 6) is -3.56. The maximum absolute atomic E-state index is 11.8. The Balaban J connectivity index is 2.35. The van der Waals surface area contributed by atoms with Gasteiger partial charge in [-0.05, 0) is 25.5 Å². The Kier molecular flexibility index (Phi) is 8.14. The molecule has 0 amide bonds. The van der Waals surface area contributed by atoms with Crippen molar-refractivity contribution in [2.75, 3.05) is 20.8 Å². The Hall–Kier alpha value is -2.26. The lowest BCUT2D eigenvalue weighted by Gasteiger charge is -2.50. The molecule has 0 saturated carbocycles. The molecule has 1 aromatic carbocycles. The van der Waals surface area contributed by atoms with E-state index in [1.54, 1.807) is 26.0 Å². The van der Waals surface area contributed by atoms with E-state index in [1.165, 1.54) is 28.1 Å². The smallest absolute Gasteiger partial charge is 0.303 e. The minimum atomic E-state index is -1.30. The van der Waals surface area contributed by atoms with E-state index in [9.17, 15) is 9.59 Å². The molecule has 1 heterocycles. The summed E-state index contributed by atoms with van der Waals surface area (Å²) >= 11 is 0. The molecule has 0 N–H and O–H groups in total. The molecular formula is C22H30O8. The summed E-state index contributed by atoms with van der Waals surface area (Å²) in [5.41, 5.74) is 0.894. The third-order valence-corrected chi connectivity index (χ3v) is 5.08. The number of benzene rings is 1. The van der Waals surface area contributed by atoms with Gasteiger partial charge in [0.25, 0.3) is 0 Å². The molecule has 166 valence electrons. The largest absolute Gasteiger partial charge is 0.455 e. The second kappa shape index (κ2) is 10.2. The van der Waals surface area contributed by atoms with Crippen LogP contribution < -0.4 is 0 Å². The third-order valence-electron chi connectivity index (χ3n) is 5.08. The van der Waals surface area contributed by atoms with Gasteiger partial charge in [-0.3, -0.25) is 9.59 Å². The molecule has 8 nitrogen and oxygen atoms in total. The summed E-state index contributed by atoms with van der Waals surface area (Å²) in [6.07, 6.45) is 0.771. The molecule has 30 heavy (non-hydrogen) atoms. The number of methoxy groups -OCH3 is 2. The average Bonchev–Trinajstić information content (AvgIpc) is 2.72. The zero-order valence-corrected chi connectivity index (χ0v) is 18.2. The van der Waals surface area contributed by atoms with E-state index in [4.69, 9.17) is 28.4 Å². The standard InChI is InChI=1S/C22H30O8/c1-15(23)28-18(13-12-17-10-8-7-9-11-17)20(29-16(2)24)19-14-27-21(3,25-5)22(4,26-6)30-19/h7-13,18-20H,14H2,1-6H3/b13-12+/t18-,19+,20-,21+,22+/m0/s1. The molecule has 0 radical (unpaired) electrons. The van der Waals surface area contributed by atoms with Crippen LogP contribution in [0.5, 0.6) is 0 Å². The fraction of sp³-hybridized carbons (Fsp3) is 0.545. The summed E-state index contributed by atoms with van der Waals surface area (Å²) in [6, 6.07) is 9.46. The molecule has 0 aliphatic carbocycles. The van der Waals surface area contributed by atoms with Crippen LogP contribution in [0.3, 0.4) is 0 Å². The monoisotopic (exact) mass is 422 g/mol. The Morgan fingerprint density at radius 3 is 2.17 bits per heavy atom. The van der Waals surface area contributed by atoms with E-state index in [0.717, 1.165) is 5.56 Å². The van der Waals surface area contributed by atoms with E-state index in [1.807, 2.05) is 30.3 Å². The number of hydrogen-bond donors (Lipinski definition) is 0. The van der Waals surface area contributed by atoms with E-state index in [-0.39, 0.29) is 6.61 Å². The van der Waals surface area contributed by atoms with Gasteiger partial charge in [-0.15, -0.1) is 0 Å². The first-order valence-electron chi connectivity index (χ1n) is 9.64. The molecule has 0 aromatic heterocycles. The van der Waals surface area contributed by atoms with Crippen LogP contribution in [0.4, 0.5) is 0 Å².